The number of hydrogen-bond acceptors (Lipinski definition) is 3. The highest BCUT2D eigenvalue weighted by Gasteiger charge is 2.24. The summed E-state index contributed by atoms with van der Waals surface area (Å²) in [6, 6.07) is 0. The largest absolute Gasteiger partial charge is 0.480 e. The van der Waals surface area contributed by atoms with E-state index in [0.29, 0.717) is 24.8 Å². The molecule has 0 aliphatic carbocycles. The van der Waals surface area contributed by atoms with Gasteiger partial charge in [0.1, 0.15) is 0 Å². The first-order valence-electron chi connectivity index (χ1n) is 7.23. The summed E-state index contributed by atoms with van der Waals surface area (Å²) >= 11 is 0. The summed E-state index contributed by atoms with van der Waals surface area (Å²) in [7, 11) is 0. The highest BCUT2D eigenvalue weighted by Crippen LogP contribution is 2.18. The molecule has 0 aromatic carbocycles. The van der Waals surface area contributed by atoms with Gasteiger partial charge in [0.2, 0.25) is 5.91 Å². The minimum Gasteiger partial charge on any atom is -0.480 e. The fraction of sp³-hybridized carbons (Fsp3) is 0.857. The molecule has 2 N–H and O–H groups in total. The maximum atomic E-state index is 12.1. The Morgan fingerprint density at radius 2 is 2.21 bits per heavy atom. The predicted molar refractivity (Wildman–Crippen MR) is 73.9 cm³/mol. The maximum absolute atomic E-state index is 12.1. The third-order valence-corrected chi connectivity index (χ3v) is 3.80. The number of carboxylic acid groups (broad SMARTS) is 1. The van der Waals surface area contributed by atoms with E-state index in [1.54, 1.807) is 0 Å². The van der Waals surface area contributed by atoms with E-state index < -0.39 is 5.97 Å². The molecule has 1 rings (SSSR count). The summed E-state index contributed by atoms with van der Waals surface area (Å²) in [5.41, 5.74) is 0. The van der Waals surface area contributed by atoms with Gasteiger partial charge < -0.3 is 15.3 Å². The van der Waals surface area contributed by atoms with Crippen molar-refractivity contribution in [1.29, 1.82) is 0 Å². The maximum Gasteiger partial charge on any atom is 0.317 e. The van der Waals surface area contributed by atoms with E-state index in [2.05, 4.69) is 19.2 Å². The van der Waals surface area contributed by atoms with Crippen molar-refractivity contribution in [3.63, 3.8) is 0 Å². The number of amides is 1. The Balaban J connectivity index is 2.32. The Bertz CT molecular complexity index is 307. The number of nitrogens with one attached hydrogen (secondary N) is 1. The zero-order valence-electron chi connectivity index (χ0n) is 12.0. The number of likely N-dealkylation sites (tertiary alicyclic amines) is 1. The van der Waals surface area contributed by atoms with Crippen LogP contribution in [0, 0.1) is 11.8 Å². The molecular formula is C14H26N2O3. The quantitative estimate of drug-likeness (QED) is 0.732. The highest BCUT2D eigenvalue weighted by molar-refractivity contribution is 5.76. The first kappa shape index (κ1) is 16.0. The van der Waals surface area contributed by atoms with Gasteiger partial charge in [-0.05, 0) is 24.7 Å². The number of hydrogen-bond donors (Lipinski definition) is 2. The SMILES string of the molecule is CCC(C)CC(=O)N1CCCC(CNCC(=O)O)C1. The zero-order chi connectivity index (χ0) is 14.3. The smallest absolute Gasteiger partial charge is 0.317 e. The van der Waals surface area contributed by atoms with E-state index >= 15 is 0 Å². The normalized spacial score (nSPS) is 21.2. The monoisotopic (exact) mass is 270 g/mol. The average Bonchev–Trinajstić information content (AvgIpc) is 2.38. The molecule has 1 aliphatic heterocycles. The van der Waals surface area contributed by atoms with Crippen LogP contribution in [0.15, 0.2) is 0 Å². The Morgan fingerprint density at radius 3 is 2.84 bits per heavy atom. The molecule has 1 fully saturated rings. The van der Waals surface area contributed by atoms with Crippen LogP contribution in [0.4, 0.5) is 0 Å². The second kappa shape index (κ2) is 8.15. The number of carbonyl (C=O) groups is 2. The van der Waals surface area contributed by atoms with Crippen molar-refractivity contribution in [1.82, 2.24) is 10.2 Å². The van der Waals surface area contributed by atoms with E-state index in [9.17, 15) is 9.59 Å². The molecule has 1 aliphatic rings. The predicted octanol–water partition coefficient (Wildman–Crippen LogP) is 1.34. The summed E-state index contributed by atoms with van der Waals surface area (Å²) in [6.45, 7) is 6.50. The van der Waals surface area contributed by atoms with Crippen molar-refractivity contribution in [2.45, 2.75) is 39.5 Å². The number of aliphatic carboxylic acids is 1. The molecule has 1 amide bonds. The lowest BCUT2D eigenvalue weighted by molar-refractivity contribution is -0.136. The van der Waals surface area contributed by atoms with Crippen molar-refractivity contribution in [2.24, 2.45) is 11.8 Å². The molecule has 19 heavy (non-hydrogen) atoms. The van der Waals surface area contributed by atoms with Crippen LogP contribution in [0.25, 0.3) is 0 Å². The van der Waals surface area contributed by atoms with Gasteiger partial charge in [0, 0.05) is 26.1 Å². The van der Waals surface area contributed by atoms with Crippen LogP contribution in [-0.2, 0) is 9.59 Å². The van der Waals surface area contributed by atoms with E-state index in [4.69, 9.17) is 5.11 Å². The third kappa shape index (κ3) is 6.05. The first-order chi connectivity index (χ1) is 9.02. The van der Waals surface area contributed by atoms with Crippen LogP contribution in [-0.4, -0.2) is 48.1 Å². The molecule has 0 bridgehead atoms. The Hall–Kier alpha value is -1.10. The molecule has 2 atom stereocenters. The van der Waals surface area contributed by atoms with Crippen molar-refractivity contribution in [3.05, 3.63) is 0 Å². The fourth-order valence-corrected chi connectivity index (χ4v) is 2.41. The standard InChI is InChI=1S/C14H26N2O3/c1-3-11(2)7-13(17)16-6-4-5-12(10-16)8-15-9-14(18)19/h11-12,15H,3-10H2,1-2H3,(H,18,19). The average molecular weight is 270 g/mol. The van der Waals surface area contributed by atoms with Gasteiger partial charge in [-0.2, -0.15) is 0 Å². The van der Waals surface area contributed by atoms with Gasteiger partial charge in [0.25, 0.3) is 0 Å². The highest BCUT2D eigenvalue weighted by atomic mass is 16.4. The molecule has 2 unspecified atom stereocenters. The van der Waals surface area contributed by atoms with Gasteiger partial charge in [-0.3, -0.25) is 9.59 Å². The molecule has 110 valence electrons. The lowest BCUT2D eigenvalue weighted by atomic mass is 9.96. The molecule has 0 aromatic rings. The van der Waals surface area contributed by atoms with Crippen molar-refractivity contribution >= 4 is 11.9 Å². The number of carboxylic acids is 1. The van der Waals surface area contributed by atoms with Crippen LogP contribution in [0.3, 0.4) is 0 Å². The summed E-state index contributed by atoms with van der Waals surface area (Å²) in [5, 5.41) is 11.5. The minimum atomic E-state index is -0.833. The second-order valence-electron chi connectivity index (χ2n) is 5.59. The Morgan fingerprint density at radius 1 is 1.47 bits per heavy atom. The van der Waals surface area contributed by atoms with E-state index in [1.807, 2.05) is 4.90 Å². The summed E-state index contributed by atoms with van der Waals surface area (Å²) in [6.07, 6.45) is 3.75. The summed E-state index contributed by atoms with van der Waals surface area (Å²) in [5.74, 6) is 0.241. The van der Waals surface area contributed by atoms with E-state index in [-0.39, 0.29) is 12.5 Å². The van der Waals surface area contributed by atoms with E-state index in [0.717, 1.165) is 32.4 Å². The number of nitrogens with zero attached hydrogens (tertiary/aromatic N) is 1. The third-order valence-electron chi connectivity index (χ3n) is 3.80. The molecule has 0 radical (unpaired) electrons. The van der Waals surface area contributed by atoms with Crippen molar-refractivity contribution < 1.29 is 14.7 Å². The second-order valence-corrected chi connectivity index (χ2v) is 5.59. The van der Waals surface area contributed by atoms with Crippen LogP contribution < -0.4 is 5.32 Å². The lowest BCUT2D eigenvalue weighted by Gasteiger charge is -2.33. The molecule has 0 aromatic heterocycles. The molecule has 0 spiro atoms. The van der Waals surface area contributed by atoms with Gasteiger partial charge in [-0.1, -0.05) is 20.3 Å². The molecule has 5 nitrogen and oxygen atoms in total. The van der Waals surface area contributed by atoms with Crippen LogP contribution >= 0.6 is 0 Å². The van der Waals surface area contributed by atoms with Gasteiger partial charge in [0.05, 0.1) is 6.54 Å². The van der Waals surface area contributed by atoms with Crippen molar-refractivity contribution in [2.75, 3.05) is 26.2 Å². The topological polar surface area (TPSA) is 69.6 Å². The Kier molecular flexibility index (Phi) is 6.84. The summed E-state index contributed by atoms with van der Waals surface area (Å²) < 4.78 is 0. The van der Waals surface area contributed by atoms with Gasteiger partial charge >= 0.3 is 5.97 Å². The zero-order valence-corrected chi connectivity index (χ0v) is 12.0. The lowest BCUT2D eigenvalue weighted by Crippen LogP contribution is -2.43. The summed E-state index contributed by atoms with van der Waals surface area (Å²) in [4.78, 5) is 24.5. The van der Waals surface area contributed by atoms with Gasteiger partial charge in [-0.15, -0.1) is 0 Å². The Labute approximate surface area is 115 Å². The van der Waals surface area contributed by atoms with Gasteiger partial charge in [0.15, 0.2) is 0 Å². The molecule has 5 heteroatoms. The molecule has 1 heterocycles. The molecule has 0 saturated carbocycles. The van der Waals surface area contributed by atoms with Crippen LogP contribution in [0.2, 0.25) is 0 Å². The number of carbonyl (C=O) groups excluding carboxylic acids is 1. The number of piperidine rings is 1. The fourth-order valence-electron chi connectivity index (χ4n) is 2.41. The molecular weight excluding hydrogens is 244 g/mol. The van der Waals surface area contributed by atoms with Crippen LogP contribution in [0.1, 0.15) is 39.5 Å². The number of rotatable bonds is 7. The van der Waals surface area contributed by atoms with Gasteiger partial charge in [-0.25, -0.2) is 0 Å². The van der Waals surface area contributed by atoms with E-state index in [1.165, 1.54) is 0 Å². The van der Waals surface area contributed by atoms with Crippen LogP contribution in [0.5, 0.6) is 0 Å². The van der Waals surface area contributed by atoms with Crippen molar-refractivity contribution in [3.8, 4) is 0 Å². The first-order valence-corrected chi connectivity index (χ1v) is 7.23. The minimum absolute atomic E-state index is 0.00266. The molecule has 1 saturated heterocycles.